The Bertz CT molecular complexity index is 1450. The molecule has 1 aliphatic heterocycles. The third-order valence-corrected chi connectivity index (χ3v) is 9.91. The molecule has 0 spiro atoms. The summed E-state index contributed by atoms with van der Waals surface area (Å²) in [6.07, 6.45) is 9.80. The van der Waals surface area contributed by atoms with E-state index in [2.05, 4.69) is 24.6 Å². The van der Waals surface area contributed by atoms with Crippen molar-refractivity contribution >= 4 is 17.9 Å². The number of ether oxygens (including phenoxy) is 4. The molecule has 2 aliphatic carbocycles. The summed E-state index contributed by atoms with van der Waals surface area (Å²) in [5.74, 6) is -1.13. The minimum absolute atomic E-state index is 0.0291. The summed E-state index contributed by atoms with van der Waals surface area (Å²) in [7, 11) is 1.69. The minimum atomic E-state index is -1.40. The molecule has 6 atom stereocenters. The fourth-order valence-electron chi connectivity index (χ4n) is 7.73. The zero-order chi connectivity index (χ0) is 37.9. The van der Waals surface area contributed by atoms with Crippen molar-refractivity contribution in [2.45, 2.75) is 102 Å². The van der Waals surface area contributed by atoms with Crippen LogP contribution < -0.4 is 14.8 Å². The number of oxime groups is 1. The van der Waals surface area contributed by atoms with E-state index in [0.717, 1.165) is 36.8 Å². The third kappa shape index (κ3) is 9.56. The van der Waals surface area contributed by atoms with Crippen molar-refractivity contribution in [3.63, 3.8) is 0 Å². The second-order valence-corrected chi connectivity index (χ2v) is 14.7. The van der Waals surface area contributed by atoms with E-state index in [-0.39, 0.29) is 50.6 Å². The molecule has 2 amide bonds. The summed E-state index contributed by atoms with van der Waals surface area (Å²) in [6, 6.07) is 4.66. The van der Waals surface area contributed by atoms with Gasteiger partial charge < -0.3 is 44.2 Å². The van der Waals surface area contributed by atoms with Crippen LogP contribution in [-0.4, -0.2) is 90.5 Å². The van der Waals surface area contributed by atoms with Crippen LogP contribution in [0.25, 0.3) is 0 Å². The number of aliphatic hydroxyl groups is 2. The number of aliphatic hydroxyl groups excluding tert-OH is 2. The first-order chi connectivity index (χ1) is 24.9. The fourth-order valence-corrected chi connectivity index (χ4v) is 7.73. The number of amides is 2. The van der Waals surface area contributed by atoms with Gasteiger partial charge in [-0.15, -0.1) is 13.2 Å². The second-order valence-electron chi connectivity index (χ2n) is 14.7. The van der Waals surface area contributed by atoms with E-state index in [0.29, 0.717) is 43.0 Å². The molecular formula is C40H59N3O9. The molecular weight excluding hydrogens is 666 g/mol. The fraction of sp³-hybridized carbons (Fsp3) is 0.625. The lowest BCUT2D eigenvalue weighted by atomic mass is 9.55. The van der Waals surface area contributed by atoms with Crippen LogP contribution in [0.5, 0.6) is 11.5 Å². The van der Waals surface area contributed by atoms with Crippen molar-refractivity contribution in [1.29, 1.82) is 0 Å². The molecule has 6 unspecified atom stereocenters. The predicted octanol–water partition coefficient (Wildman–Crippen LogP) is 6.87. The normalized spacial score (nSPS) is 25.5. The minimum Gasteiger partial charge on any atom is -0.459 e. The number of benzene rings is 1. The SMILES string of the molecule is C=CCCOC(=O)N(C)C1CC(=NOC(C)(C)C)C2=CC(CCCCO)C(CCCCO)C3c4cc(OC(=O)NCC)ccc4OC1(OCC=C)C23. The molecule has 1 aromatic carbocycles. The molecule has 288 valence electrons. The van der Waals surface area contributed by atoms with E-state index >= 15 is 0 Å². The van der Waals surface area contributed by atoms with Gasteiger partial charge in [0.2, 0.25) is 5.79 Å². The lowest BCUT2D eigenvalue weighted by molar-refractivity contribution is -0.253. The summed E-state index contributed by atoms with van der Waals surface area (Å²) in [6.45, 7) is 16.2. The van der Waals surface area contributed by atoms with E-state index in [9.17, 15) is 19.8 Å². The van der Waals surface area contributed by atoms with Crippen molar-refractivity contribution < 1.29 is 43.6 Å². The van der Waals surface area contributed by atoms with Gasteiger partial charge in [-0.2, -0.15) is 0 Å². The zero-order valence-corrected chi connectivity index (χ0v) is 31.6. The van der Waals surface area contributed by atoms with Gasteiger partial charge in [0.15, 0.2) is 0 Å². The Morgan fingerprint density at radius 3 is 2.50 bits per heavy atom. The monoisotopic (exact) mass is 725 g/mol. The zero-order valence-electron chi connectivity index (χ0n) is 31.6. The Morgan fingerprint density at radius 2 is 1.85 bits per heavy atom. The van der Waals surface area contributed by atoms with Crippen LogP contribution in [0.3, 0.4) is 0 Å². The molecule has 0 saturated heterocycles. The summed E-state index contributed by atoms with van der Waals surface area (Å²) >= 11 is 0. The second kappa shape index (κ2) is 18.8. The molecule has 1 saturated carbocycles. The van der Waals surface area contributed by atoms with Crippen LogP contribution in [0.15, 0.2) is 60.3 Å². The number of nitrogens with one attached hydrogen (secondary N) is 1. The molecule has 12 nitrogen and oxygen atoms in total. The molecule has 0 radical (unpaired) electrons. The predicted molar refractivity (Wildman–Crippen MR) is 199 cm³/mol. The van der Waals surface area contributed by atoms with Gasteiger partial charge in [0, 0.05) is 44.7 Å². The van der Waals surface area contributed by atoms with E-state index in [1.165, 1.54) is 4.90 Å². The highest BCUT2D eigenvalue weighted by atomic mass is 16.7. The molecule has 1 fully saturated rings. The smallest absolute Gasteiger partial charge is 0.412 e. The first-order valence-electron chi connectivity index (χ1n) is 18.7. The van der Waals surface area contributed by atoms with Crippen LogP contribution in [0, 0.1) is 17.8 Å². The molecule has 3 N–H and O–H groups in total. The lowest BCUT2D eigenvalue weighted by Gasteiger charge is -2.59. The van der Waals surface area contributed by atoms with Gasteiger partial charge in [-0.05, 0) is 95.4 Å². The highest BCUT2D eigenvalue weighted by Crippen LogP contribution is 2.61. The van der Waals surface area contributed by atoms with Crippen LogP contribution in [0.1, 0.15) is 90.5 Å². The van der Waals surface area contributed by atoms with E-state index in [1.54, 1.807) is 31.3 Å². The standard InChI is InChI=1S/C40H59N3O9/c1-8-11-23-48-38(47)43(7)34-26-32(42-52-39(4,5)6)30-24-27(16-12-14-20-44)29(17-13-15-21-45)35-31-25-28(50-37(46)41-10-3)18-19-33(31)51-40(34,36(30)35)49-22-9-2/h8-9,18-19,24-25,27,29,34-36,44-45H,1-2,10-17,20-23,26H2,3-7H3,(H,41,46). The maximum Gasteiger partial charge on any atom is 0.412 e. The number of hydrogen-bond acceptors (Lipinski definition) is 10. The number of hydrogen-bond donors (Lipinski definition) is 3. The summed E-state index contributed by atoms with van der Waals surface area (Å²) < 4.78 is 25.3. The first-order valence-corrected chi connectivity index (χ1v) is 18.7. The summed E-state index contributed by atoms with van der Waals surface area (Å²) in [5.41, 5.74) is 1.86. The Labute approximate surface area is 308 Å². The van der Waals surface area contributed by atoms with Gasteiger partial charge in [0.05, 0.1) is 24.8 Å². The highest BCUT2D eigenvalue weighted by molar-refractivity contribution is 6.03. The molecule has 0 bridgehead atoms. The molecule has 1 aromatic rings. The van der Waals surface area contributed by atoms with Crippen LogP contribution in [-0.2, 0) is 14.3 Å². The van der Waals surface area contributed by atoms with Gasteiger partial charge >= 0.3 is 12.2 Å². The van der Waals surface area contributed by atoms with Crippen molar-refractivity contribution in [2.24, 2.45) is 22.9 Å². The molecule has 3 aliphatic rings. The molecule has 52 heavy (non-hydrogen) atoms. The quantitative estimate of drug-likeness (QED) is 0.0838. The Kier molecular flexibility index (Phi) is 14.7. The molecule has 1 heterocycles. The largest absolute Gasteiger partial charge is 0.459 e. The average Bonchev–Trinajstić information content (AvgIpc) is 3.10. The number of nitrogens with zero attached hydrogens (tertiary/aromatic N) is 2. The van der Waals surface area contributed by atoms with Crippen LogP contribution >= 0.6 is 0 Å². The van der Waals surface area contributed by atoms with Crippen LogP contribution in [0.2, 0.25) is 0 Å². The highest BCUT2D eigenvalue weighted by Gasteiger charge is 2.65. The molecule has 12 heteroatoms. The Hall–Kier alpha value is -3.87. The third-order valence-electron chi connectivity index (χ3n) is 9.91. The van der Waals surface area contributed by atoms with E-state index < -0.39 is 35.5 Å². The van der Waals surface area contributed by atoms with Crippen LogP contribution in [0.4, 0.5) is 9.59 Å². The van der Waals surface area contributed by atoms with Gasteiger partial charge in [0.25, 0.3) is 0 Å². The number of rotatable bonds is 18. The topological polar surface area (TPSA) is 148 Å². The maximum atomic E-state index is 13.7. The first kappa shape index (κ1) is 40.9. The summed E-state index contributed by atoms with van der Waals surface area (Å²) in [5, 5.41) is 27.0. The van der Waals surface area contributed by atoms with Crippen molar-refractivity contribution in [3.05, 3.63) is 60.7 Å². The van der Waals surface area contributed by atoms with E-state index in [1.807, 2.05) is 33.8 Å². The van der Waals surface area contributed by atoms with Crippen molar-refractivity contribution in [1.82, 2.24) is 10.2 Å². The van der Waals surface area contributed by atoms with Gasteiger partial charge in [-0.25, -0.2) is 9.59 Å². The average molecular weight is 726 g/mol. The lowest BCUT2D eigenvalue weighted by Crippen LogP contribution is -2.69. The Morgan fingerprint density at radius 1 is 1.12 bits per heavy atom. The maximum absolute atomic E-state index is 13.7. The number of likely N-dealkylation sites (N-methyl/N-ethyl adjacent to an activating group) is 1. The number of carbonyl (C=O) groups is 2. The number of allylic oxidation sites excluding steroid dienone is 1. The van der Waals surface area contributed by atoms with E-state index in [4.69, 9.17) is 28.9 Å². The number of carbonyl (C=O) groups excluding carboxylic acids is 2. The Balaban J connectivity index is 2.01. The number of fused-ring (bicyclic) bond motifs is 2. The van der Waals surface area contributed by atoms with Crippen molar-refractivity contribution in [3.8, 4) is 11.5 Å². The molecule has 4 rings (SSSR count). The van der Waals surface area contributed by atoms with Gasteiger partial charge in [0.1, 0.15) is 23.1 Å². The molecule has 0 aromatic heterocycles. The van der Waals surface area contributed by atoms with Gasteiger partial charge in [-0.3, -0.25) is 0 Å². The van der Waals surface area contributed by atoms with Gasteiger partial charge in [-0.1, -0.05) is 36.2 Å². The summed E-state index contributed by atoms with van der Waals surface area (Å²) in [4.78, 5) is 33.9. The van der Waals surface area contributed by atoms with Crippen molar-refractivity contribution in [2.75, 3.05) is 40.0 Å². The number of unbranched alkanes of at least 4 members (excludes halogenated alkanes) is 2.